The van der Waals surface area contributed by atoms with Gasteiger partial charge in [-0.15, -0.1) is 0 Å². The zero-order valence-corrected chi connectivity index (χ0v) is 27.1. The van der Waals surface area contributed by atoms with Gasteiger partial charge in [-0.3, -0.25) is 9.62 Å². The van der Waals surface area contributed by atoms with E-state index < -0.39 is 10.0 Å². The van der Waals surface area contributed by atoms with E-state index in [2.05, 4.69) is 47.1 Å². The molecule has 0 aliphatic carbocycles. The lowest BCUT2D eigenvalue weighted by Gasteiger charge is -2.42. The molecule has 242 valence electrons. The normalized spacial score (nSPS) is 17.9. The van der Waals surface area contributed by atoms with Gasteiger partial charge in [-0.25, -0.2) is 17.8 Å². The highest BCUT2D eigenvalue weighted by molar-refractivity contribution is 7.92. The fourth-order valence-electron chi connectivity index (χ4n) is 6.09. The predicted octanol–water partition coefficient (Wildman–Crippen LogP) is 4.29. The number of fused-ring (bicyclic) bond motifs is 1. The molecule has 6 rings (SSSR count). The number of piperidine rings is 1. The standard InChI is InChI=1S/C30H38ClFN8O4S/c1-38-9-11-39(12-10-38)20-4-7-40(8-5-20)26-17-28(43-2)25(15-22(26)32)35-30-33-18-21(31)29(36-30)34-23-16-27-19(6-13-44-27)14-24(23)37-45(3,41)42/h14-18,20,37H,4-13H2,1-3H3,(H2,33,34,35,36). The molecular formula is C30H38ClFN8O4S. The fraction of sp³-hybridized carbons (Fsp3) is 0.467. The van der Waals surface area contributed by atoms with E-state index in [1.807, 2.05) is 0 Å². The number of likely N-dealkylation sites (N-methyl/N-ethyl adjacent to an activating group) is 1. The Balaban J connectivity index is 1.18. The van der Waals surface area contributed by atoms with E-state index in [4.69, 9.17) is 21.1 Å². The smallest absolute Gasteiger partial charge is 0.229 e. The third kappa shape index (κ3) is 7.29. The number of hydrogen-bond acceptors (Lipinski definition) is 11. The summed E-state index contributed by atoms with van der Waals surface area (Å²) in [5.74, 6) is 1.05. The van der Waals surface area contributed by atoms with Crippen LogP contribution in [0.3, 0.4) is 0 Å². The Hall–Kier alpha value is -3.59. The maximum atomic E-state index is 15.6. The molecule has 3 aromatic rings. The Kier molecular flexibility index (Phi) is 9.09. The van der Waals surface area contributed by atoms with Crippen LogP contribution in [-0.2, 0) is 16.4 Å². The van der Waals surface area contributed by atoms with Crippen molar-refractivity contribution < 1.29 is 22.3 Å². The van der Waals surface area contributed by atoms with Crippen LogP contribution in [-0.4, -0.2) is 101 Å². The number of aromatic nitrogens is 2. The van der Waals surface area contributed by atoms with Gasteiger partial charge in [0.2, 0.25) is 16.0 Å². The Morgan fingerprint density at radius 2 is 1.78 bits per heavy atom. The van der Waals surface area contributed by atoms with E-state index in [0.29, 0.717) is 53.3 Å². The number of sulfonamides is 1. The quantitative estimate of drug-likeness (QED) is 0.305. The number of halogens is 2. The minimum Gasteiger partial charge on any atom is -0.494 e. The zero-order valence-electron chi connectivity index (χ0n) is 25.6. The molecule has 15 heteroatoms. The first kappa shape index (κ1) is 31.4. The molecule has 4 heterocycles. The lowest BCUT2D eigenvalue weighted by Crippen LogP contribution is -2.52. The minimum absolute atomic E-state index is 0.135. The van der Waals surface area contributed by atoms with Crippen LogP contribution in [0.2, 0.25) is 5.02 Å². The maximum Gasteiger partial charge on any atom is 0.229 e. The second-order valence-electron chi connectivity index (χ2n) is 11.7. The summed E-state index contributed by atoms with van der Waals surface area (Å²) in [5, 5.41) is 6.33. The fourth-order valence-corrected chi connectivity index (χ4v) is 6.79. The van der Waals surface area contributed by atoms with Crippen LogP contribution in [0, 0.1) is 5.82 Å². The van der Waals surface area contributed by atoms with Crippen molar-refractivity contribution in [3.05, 3.63) is 46.9 Å². The van der Waals surface area contributed by atoms with Gasteiger partial charge in [0, 0.05) is 69.9 Å². The van der Waals surface area contributed by atoms with Crippen LogP contribution in [0.15, 0.2) is 30.5 Å². The molecule has 1 aromatic heterocycles. The second kappa shape index (κ2) is 13.0. The van der Waals surface area contributed by atoms with Crippen molar-refractivity contribution in [1.82, 2.24) is 19.8 Å². The van der Waals surface area contributed by atoms with Gasteiger partial charge in [-0.05, 0) is 31.5 Å². The van der Waals surface area contributed by atoms with E-state index in [9.17, 15) is 8.42 Å². The lowest BCUT2D eigenvalue weighted by molar-refractivity contribution is 0.0981. The molecule has 3 aliphatic rings. The van der Waals surface area contributed by atoms with Crippen molar-refractivity contribution in [3.8, 4) is 11.5 Å². The molecular weight excluding hydrogens is 623 g/mol. The molecule has 3 aliphatic heterocycles. The number of ether oxygens (including phenoxy) is 2. The molecule has 3 N–H and O–H groups in total. The van der Waals surface area contributed by atoms with E-state index in [1.165, 1.54) is 19.4 Å². The van der Waals surface area contributed by atoms with Gasteiger partial charge in [-0.2, -0.15) is 4.98 Å². The van der Waals surface area contributed by atoms with Crippen molar-refractivity contribution in [1.29, 1.82) is 0 Å². The predicted molar refractivity (Wildman–Crippen MR) is 175 cm³/mol. The molecule has 2 saturated heterocycles. The highest BCUT2D eigenvalue weighted by atomic mass is 35.5. The molecule has 0 saturated carbocycles. The Morgan fingerprint density at radius 1 is 1.02 bits per heavy atom. The summed E-state index contributed by atoms with van der Waals surface area (Å²) >= 11 is 6.43. The summed E-state index contributed by atoms with van der Waals surface area (Å²) in [6.45, 7) is 6.36. The van der Waals surface area contributed by atoms with E-state index in [1.54, 1.807) is 18.2 Å². The Bertz CT molecular complexity index is 1660. The van der Waals surface area contributed by atoms with E-state index >= 15 is 4.39 Å². The van der Waals surface area contributed by atoms with Crippen LogP contribution < -0.4 is 29.7 Å². The molecule has 45 heavy (non-hydrogen) atoms. The summed E-state index contributed by atoms with van der Waals surface area (Å²) in [4.78, 5) is 15.8. The largest absolute Gasteiger partial charge is 0.494 e. The molecule has 0 spiro atoms. The van der Waals surface area contributed by atoms with Crippen molar-refractivity contribution in [3.63, 3.8) is 0 Å². The number of piperazine rings is 1. The summed E-state index contributed by atoms with van der Waals surface area (Å²) in [6, 6.07) is 7.04. The van der Waals surface area contributed by atoms with E-state index in [0.717, 1.165) is 63.9 Å². The van der Waals surface area contributed by atoms with Crippen molar-refractivity contribution >= 4 is 56.1 Å². The van der Waals surface area contributed by atoms with E-state index in [-0.39, 0.29) is 22.6 Å². The number of benzene rings is 2. The first-order chi connectivity index (χ1) is 21.6. The van der Waals surface area contributed by atoms with Gasteiger partial charge in [0.1, 0.15) is 22.3 Å². The molecule has 0 bridgehead atoms. The highest BCUT2D eigenvalue weighted by Gasteiger charge is 2.28. The van der Waals surface area contributed by atoms with Gasteiger partial charge in [0.05, 0.1) is 48.9 Å². The summed E-state index contributed by atoms with van der Waals surface area (Å²) in [6.07, 6.45) is 5.11. The number of rotatable bonds is 9. The minimum atomic E-state index is -3.57. The average molecular weight is 661 g/mol. The zero-order chi connectivity index (χ0) is 31.7. The van der Waals surface area contributed by atoms with Crippen LogP contribution in [0.4, 0.5) is 38.9 Å². The van der Waals surface area contributed by atoms with Crippen LogP contribution in [0.25, 0.3) is 0 Å². The van der Waals surface area contributed by atoms with Crippen molar-refractivity contribution in [2.24, 2.45) is 0 Å². The first-order valence-corrected chi connectivity index (χ1v) is 17.2. The van der Waals surface area contributed by atoms with Crippen LogP contribution in [0.1, 0.15) is 18.4 Å². The number of hydrogen-bond donors (Lipinski definition) is 3. The molecule has 2 fully saturated rings. The Labute approximate surface area is 267 Å². The summed E-state index contributed by atoms with van der Waals surface area (Å²) in [7, 11) is 0.122. The van der Waals surface area contributed by atoms with Crippen LogP contribution in [0.5, 0.6) is 11.5 Å². The summed E-state index contributed by atoms with van der Waals surface area (Å²) in [5.41, 5.74) is 2.47. The number of nitrogens with zero attached hydrogens (tertiary/aromatic N) is 5. The molecule has 12 nitrogen and oxygen atoms in total. The first-order valence-electron chi connectivity index (χ1n) is 15.0. The van der Waals surface area contributed by atoms with Gasteiger partial charge < -0.3 is 29.9 Å². The van der Waals surface area contributed by atoms with Gasteiger partial charge >= 0.3 is 0 Å². The molecule has 0 atom stereocenters. The topological polar surface area (TPSA) is 124 Å². The molecule has 0 radical (unpaired) electrons. The van der Waals surface area contributed by atoms with Crippen LogP contribution >= 0.6 is 11.6 Å². The lowest BCUT2D eigenvalue weighted by atomic mass is 10.0. The average Bonchev–Trinajstić information content (AvgIpc) is 3.46. The molecule has 0 unspecified atom stereocenters. The van der Waals surface area contributed by atoms with Gasteiger partial charge in [0.15, 0.2) is 5.82 Å². The van der Waals surface area contributed by atoms with Gasteiger partial charge in [-0.1, -0.05) is 11.6 Å². The maximum absolute atomic E-state index is 15.6. The third-order valence-electron chi connectivity index (χ3n) is 8.50. The molecule has 0 amide bonds. The number of methoxy groups -OCH3 is 1. The Morgan fingerprint density at radius 3 is 2.49 bits per heavy atom. The SMILES string of the molecule is COc1cc(N2CCC(N3CCN(C)CC3)CC2)c(F)cc1Nc1ncc(Cl)c(Nc2cc3c(cc2NS(C)(=O)=O)CCO3)n1. The summed E-state index contributed by atoms with van der Waals surface area (Å²) < 4.78 is 53.5. The second-order valence-corrected chi connectivity index (χ2v) is 13.8. The number of nitrogens with one attached hydrogen (secondary N) is 3. The highest BCUT2D eigenvalue weighted by Crippen LogP contribution is 2.39. The van der Waals surface area contributed by atoms with Crippen molar-refractivity contribution in [2.45, 2.75) is 25.3 Å². The monoisotopic (exact) mass is 660 g/mol. The van der Waals surface area contributed by atoms with Crippen molar-refractivity contribution in [2.75, 3.05) is 86.5 Å². The third-order valence-corrected chi connectivity index (χ3v) is 9.36. The molecule has 2 aromatic carbocycles. The number of anilines is 6. The van der Waals surface area contributed by atoms with Gasteiger partial charge in [0.25, 0.3) is 0 Å².